The van der Waals surface area contributed by atoms with Gasteiger partial charge in [0.2, 0.25) is 5.91 Å². The number of halogens is 1. The van der Waals surface area contributed by atoms with Crippen LogP contribution in [0.5, 0.6) is 0 Å². The van der Waals surface area contributed by atoms with Crippen LogP contribution < -0.4 is 10.6 Å². The van der Waals surface area contributed by atoms with Gasteiger partial charge >= 0.3 is 5.97 Å². The summed E-state index contributed by atoms with van der Waals surface area (Å²) in [6.07, 6.45) is 0. The Balaban J connectivity index is 1.73. The van der Waals surface area contributed by atoms with E-state index in [0.717, 1.165) is 0 Å². The Morgan fingerprint density at radius 3 is 2.36 bits per heavy atom. The second-order valence-corrected chi connectivity index (χ2v) is 9.48. The lowest BCUT2D eigenvalue weighted by Gasteiger charge is -2.22. The second kappa shape index (κ2) is 12.5. The van der Waals surface area contributed by atoms with Gasteiger partial charge in [0.1, 0.15) is 0 Å². The van der Waals surface area contributed by atoms with Crippen molar-refractivity contribution in [1.82, 2.24) is 20.1 Å². The fraction of sp³-hybridized carbons (Fsp3) is 0.320. The quantitative estimate of drug-likeness (QED) is 0.291. The molecule has 0 spiro atoms. The molecule has 3 rings (SSSR count). The van der Waals surface area contributed by atoms with E-state index in [1.807, 2.05) is 25.3 Å². The lowest BCUT2D eigenvalue weighted by molar-refractivity contribution is -0.113. The van der Waals surface area contributed by atoms with Gasteiger partial charge < -0.3 is 19.9 Å². The molecule has 0 radical (unpaired) electrons. The van der Waals surface area contributed by atoms with Gasteiger partial charge in [-0.15, -0.1) is 10.2 Å². The number of benzene rings is 2. The second-order valence-electron chi connectivity index (χ2n) is 8.13. The standard InChI is InChI=1S/C25H28ClN5O4S/c1-5-31-22(21(15(2)3)28-23(33)16-10-6-8-12-18(16)26)29-30-25(31)36-14-20(32)27-19-13-9-7-11-17(19)24(34)35-4/h6-13,15,21H,5,14H2,1-4H3,(H,27,32)(H,28,33)/t21-/m0/s1. The third-order valence-electron chi connectivity index (χ3n) is 5.35. The van der Waals surface area contributed by atoms with E-state index in [2.05, 4.69) is 20.8 Å². The van der Waals surface area contributed by atoms with Crippen LogP contribution in [-0.2, 0) is 16.1 Å². The van der Waals surface area contributed by atoms with Gasteiger partial charge in [0, 0.05) is 6.54 Å². The molecule has 0 aliphatic carbocycles. The summed E-state index contributed by atoms with van der Waals surface area (Å²) in [5.41, 5.74) is 1.02. The number of thioether (sulfide) groups is 1. The monoisotopic (exact) mass is 529 g/mol. The van der Waals surface area contributed by atoms with Crippen LogP contribution in [0.15, 0.2) is 53.7 Å². The number of hydrogen-bond donors (Lipinski definition) is 2. The topological polar surface area (TPSA) is 115 Å². The average molecular weight is 530 g/mol. The minimum absolute atomic E-state index is 0.0157. The summed E-state index contributed by atoms with van der Waals surface area (Å²) in [6.45, 7) is 6.44. The molecule has 0 aliphatic rings. The number of carbonyl (C=O) groups excluding carboxylic acids is 3. The van der Waals surface area contributed by atoms with Gasteiger partial charge in [-0.2, -0.15) is 0 Å². The maximum atomic E-state index is 12.9. The Morgan fingerprint density at radius 2 is 1.72 bits per heavy atom. The zero-order valence-corrected chi connectivity index (χ0v) is 22.0. The van der Waals surface area contributed by atoms with E-state index in [0.29, 0.717) is 33.8 Å². The van der Waals surface area contributed by atoms with Crippen LogP contribution in [0.1, 0.15) is 53.4 Å². The van der Waals surface area contributed by atoms with Crippen molar-refractivity contribution in [3.8, 4) is 0 Å². The number of rotatable bonds is 10. The lowest BCUT2D eigenvalue weighted by atomic mass is 10.0. The Labute approximate surface area is 219 Å². The summed E-state index contributed by atoms with van der Waals surface area (Å²) in [4.78, 5) is 37.5. The molecule has 1 heterocycles. The molecule has 0 aliphatic heterocycles. The van der Waals surface area contributed by atoms with Crippen molar-refractivity contribution < 1.29 is 19.1 Å². The number of amides is 2. The molecular formula is C25H28ClN5O4S. The van der Waals surface area contributed by atoms with Gasteiger partial charge in [-0.1, -0.05) is 61.5 Å². The Bertz CT molecular complexity index is 1250. The summed E-state index contributed by atoms with van der Waals surface area (Å²) in [5.74, 6) is -0.494. The first kappa shape index (κ1) is 27.2. The van der Waals surface area contributed by atoms with E-state index in [1.165, 1.54) is 18.9 Å². The zero-order chi connectivity index (χ0) is 26.2. The van der Waals surface area contributed by atoms with Gasteiger partial charge in [0.15, 0.2) is 11.0 Å². The van der Waals surface area contributed by atoms with E-state index >= 15 is 0 Å². The van der Waals surface area contributed by atoms with E-state index in [-0.39, 0.29) is 29.0 Å². The highest BCUT2D eigenvalue weighted by atomic mass is 35.5. The Morgan fingerprint density at radius 1 is 1.06 bits per heavy atom. The highest BCUT2D eigenvalue weighted by molar-refractivity contribution is 7.99. The van der Waals surface area contributed by atoms with Crippen LogP contribution in [-0.4, -0.2) is 45.4 Å². The molecule has 0 unspecified atom stereocenters. The first-order chi connectivity index (χ1) is 17.3. The summed E-state index contributed by atoms with van der Waals surface area (Å²) >= 11 is 7.41. The molecule has 2 aromatic carbocycles. The molecule has 2 N–H and O–H groups in total. The third kappa shape index (κ3) is 6.44. The van der Waals surface area contributed by atoms with Gasteiger partial charge in [-0.25, -0.2) is 4.79 Å². The van der Waals surface area contributed by atoms with Gasteiger partial charge in [-0.3, -0.25) is 9.59 Å². The fourth-order valence-electron chi connectivity index (χ4n) is 3.52. The van der Waals surface area contributed by atoms with Crippen molar-refractivity contribution >= 4 is 46.8 Å². The summed E-state index contributed by atoms with van der Waals surface area (Å²) < 4.78 is 6.64. The molecule has 0 bridgehead atoms. The molecule has 3 aromatic rings. The largest absolute Gasteiger partial charge is 0.465 e. The SMILES string of the molecule is CCn1c(SCC(=O)Nc2ccccc2C(=O)OC)nnc1[C@@H](NC(=O)c1ccccc1Cl)C(C)C. The number of nitrogens with zero attached hydrogens (tertiary/aromatic N) is 3. The number of para-hydroxylation sites is 1. The van der Waals surface area contributed by atoms with Crippen LogP contribution in [0, 0.1) is 5.92 Å². The number of anilines is 1. The van der Waals surface area contributed by atoms with E-state index in [4.69, 9.17) is 16.3 Å². The Hall–Kier alpha value is -3.37. The molecule has 2 amide bonds. The summed E-state index contributed by atoms with van der Waals surface area (Å²) in [7, 11) is 1.28. The molecule has 0 fully saturated rings. The van der Waals surface area contributed by atoms with E-state index in [9.17, 15) is 14.4 Å². The first-order valence-electron chi connectivity index (χ1n) is 11.3. The van der Waals surface area contributed by atoms with Crippen LogP contribution in [0.4, 0.5) is 5.69 Å². The van der Waals surface area contributed by atoms with Crippen molar-refractivity contribution in [2.24, 2.45) is 5.92 Å². The summed E-state index contributed by atoms with van der Waals surface area (Å²) in [5, 5.41) is 15.3. The maximum Gasteiger partial charge on any atom is 0.339 e. The molecule has 1 atom stereocenters. The predicted molar refractivity (Wildman–Crippen MR) is 139 cm³/mol. The molecule has 9 nitrogen and oxygen atoms in total. The first-order valence-corrected chi connectivity index (χ1v) is 12.7. The predicted octanol–water partition coefficient (Wildman–Crippen LogP) is 4.60. The number of aromatic nitrogens is 3. The summed E-state index contributed by atoms with van der Waals surface area (Å²) in [6, 6.07) is 13.1. The van der Waals surface area contributed by atoms with Gasteiger partial charge in [-0.05, 0) is 37.1 Å². The minimum Gasteiger partial charge on any atom is -0.465 e. The number of ether oxygens (including phenoxy) is 1. The van der Waals surface area contributed by atoms with Crippen LogP contribution >= 0.6 is 23.4 Å². The molecule has 1 aromatic heterocycles. The normalized spacial score (nSPS) is 11.7. The number of hydrogen-bond acceptors (Lipinski definition) is 7. The molecule has 190 valence electrons. The maximum absolute atomic E-state index is 12.9. The van der Waals surface area contributed by atoms with Crippen molar-refractivity contribution in [2.75, 3.05) is 18.2 Å². The number of nitrogens with one attached hydrogen (secondary N) is 2. The number of carbonyl (C=O) groups is 3. The molecule has 0 saturated carbocycles. The van der Waals surface area contributed by atoms with Crippen molar-refractivity contribution in [1.29, 1.82) is 0 Å². The van der Waals surface area contributed by atoms with Crippen molar-refractivity contribution in [3.63, 3.8) is 0 Å². The molecule has 11 heteroatoms. The third-order valence-corrected chi connectivity index (χ3v) is 6.65. The van der Waals surface area contributed by atoms with Crippen LogP contribution in [0.2, 0.25) is 5.02 Å². The van der Waals surface area contributed by atoms with E-state index in [1.54, 1.807) is 48.5 Å². The molecular weight excluding hydrogens is 502 g/mol. The van der Waals surface area contributed by atoms with E-state index < -0.39 is 12.0 Å². The molecule has 0 saturated heterocycles. The van der Waals surface area contributed by atoms with Gasteiger partial charge in [0.05, 0.1) is 40.7 Å². The average Bonchev–Trinajstić information content (AvgIpc) is 3.28. The van der Waals surface area contributed by atoms with Crippen LogP contribution in [0.3, 0.4) is 0 Å². The van der Waals surface area contributed by atoms with Gasteiger partial charge in [0.25, 0.3) is 5.91 Å². The Kier molecular flexibility index (Phi) is 9.49. The smallest absolute Gasteiger partial charge is 0.339 e. The number of esters is 1. The van der Waals surface area contributed by atoms with Crippen molar-refractivity contribution in [2.45, 2.75) is 38.5 Å². The van der Waals surface area contributed by atoms with Crippen LogP contribution in [0.25, 0.3) is 0 Å². The highest BCUT2D eigenvalue weighted by Crippen LogP contribution is 2.26. The lowest BCUT2D eigenvalue weighted by Crippen LogP contribution is -2.34. The zero-order valence-electron chi connectivity index (χ0n) is 20.4. The van der Waals surface area contributed by atoms with Crippen molar-refractivity contribution in [3.05, 3.63) is 70.5 Å². The number of methoxy groups -OCH3 is 1. The minimum atomic E-state index is -0.535. The fourth-order valence-corrected chi connectivity index (χ4v) is 4.56. The molecule has 36 heavy (non-hydrogen) atoms. The highest BCUT2D eigenvalue weighted by Gasteiger charge is 2.27.